The van der Waals surface area contributed by atoms with Gasteiger partial charge in [0, 0.05) is 18.2 Å². The van der Waals surface area contributed by atoms with Crippen LogP contribution in [0.2, 0.25) is 0 Å². The Hall–Kier alpha value is -1.62. The molecule has 4 nitrogen and oxygen atoms in total. The second kappa shape index (κ2) is 6.02. The van der Waals surface area contributed by atoms with Gasteiger partial charge in [-0.1, -0.05) is 0 Å². The lowest BCUT2D eigenvalue weighted by molar-refractivity contribution is 0.0915. The maximum absolute atomic E-state index is 13.8. The zero-order valence-electron chi connectivity index (χ0n) is 11.2. The van der Waals surface area contributed by atoms with Crippen molar-refractivity contribution in [2.24, 2.45) is 0 Å². The van der Waals surface area contributed by atoms with E-state index < -0.39 is 5.82 Å². The van der Waals surface area contributed by atoms with E-state index in [2.05, 4.69) is 10.6 Å². The van der Waals surface area contributed by atoms with Crippen molar-refractivity contribution in [3.8, 4) is 5.75 Å². The van der Waals surface area contributed by atoms with E-state index in [9.17, 15) is 9.18 Å². The van der Waals surface area contributed by atoms with Crippen molar-refractivity contribution in [3.63, 3.8) is 0 Å². The van der Waals surface area contributed by atoms with Crippen molar-refractivity contribution in [1.29, 1.82) is 0 Å². The highest BCUT2D eigenvalue weighted by molar-refractivity contribution is 5.94. The molecule has 1 heterocycles. The third kappa shape index (κ3) is 3.23. The summed E-state index contributed by atoms with van der Waals surface area (Å²) in [5, 5.41) is 6.17. The summed E-state index contributed by atoms with van der Waals surface area (Å²) in [6.45, 7) is 2.99. The fraction of sp³-hybridized carbons (Fsp3) is 0.500. The van der Waals surface area contributed by atoms with Gasteiger partial charge in [-0.15, -0.1) is 0 Å². The van der Waals surface area contributed by atoms with Crippen LogP contribution in [0.3, 0.4) is 0 Å². The molecule has 1 aliphatic heterocycles. The van der Waals surface area contributed by atoms with E-state index in [0.29, 0.717) is 5.75 Å². The number of benzene rings is 1. The summed E-state index contributed by atoms with van der Waals surface area (Å²) in [5.74, 6) is -0.532. The predicted octanol–water partition coefficient (Wildman–Crippen LogP) is 1.70. The lowest BCUT2D eigenvalue weighted by Crippen LogP contribution is -2.52. The average Bonchev–Trinajstić information content (AvgIpc) is 2.41. The molecule has 0 aliphatic carbocycles. The first-order valence-corrected chi connectivity index (χ1v) is 6.49. The summed E-state index contributed by atoms with van der Waals surface area (Å²) >= 11 is 0. The minimum Gasteiger partial charge on any atom is -0.497 e. The van der Waals surface area contributed by atoms with Crippen LogP contribution in [0.25, 0.3) is 0 Å². The smallest absolute Gasteiger partial charge is 0.254 e. The van der Waals surface area contributed by atoms with Crippen LogP contribution in [0.5, 0.6) is 5.75 Å². The Kier molecular flexibility index (Phi) is 4.37. The van der Waals surface area contributed by atoms with Crippen LogP contribution in [-0.2, 0) is 0 Å². The van der Waals surface area contributed by atoms with E-state index in [1.807, 2.05) is 6.92 Å². The third-order valence-corrected chi connectivity index (χ3v) is 3.50. The maximum atomic E-state index is 13.8. The van der Waals surface area contributed by atoms with Crippen molar-refractivity contribution in [3.05, 3.63) is 29.6 Å². The molecular weight excluding hydrogens is 247 g/mol. The van der Waals surface area contributed by atoms with Gasteiger partial charge in [-0.05, 0) is 38.4 Å². The summed E-state index contributed by atoms with van der Waals surface area (Å²) in [6, 6.07) is 4.50. The van der Waals surface area contributed by atoms with Gasteiger partial charge < -0.3 is 15.4 Å². The van der Waals surface area contributed by atoms with E-state index in [-0.39, 0.29) is 23.6 Å². The molecule has 1 amide bonds. The van der Waals surface area contributed by atoms with Crippen LogP contribution in [0.4, 0.5) is 4.39 Å². The van der Waals surface area contributed by atoms with Gasteiger partial charge >= 0.3 is 0 Å². The normalized spacial score (nSPS) is 22.9. The van der Waals surface area contributed by atoms with Crippen molar-refractivity contribution in [2.45, 2.75) is 31.8 Å². The Morgan fingerprint density at radius 3 is 2.95 bits per heavy atom. The first-order valence-electron chi connectivity index (χ1n) is 6.49. The number of piperidine rings is 1. The van der Waals surface area contributed by atoms with Crippen LogP contribution in [-0.4, -0.2) is 31.6 Å². The quantitative estimate of drug-likeness (QED) is 0.875. The molecule has 1 aliphatic rings. The van der Waals surface area contributed by atoms with E-state index in [1.165, 1.54) is 19.2 Å². The van der Waals surface area contributed by atoms with E-state index in [4.69, 9.17) is 4.74 Å². The maximum Gasteiger partial charge on any atom is 0.254 e. The molecule has 1 fully saturated rings. The Labute approximate surface area is 112 Å². The number of carbonyl (C=O) groups is 1. The van der Waals surface area contributed by atoms with Gasteiger partial charge in [0.25, 0.3) is 5.91 Å². The molecule has 2 atom stereocenters. The second-order valence-corrected chi connectivity index (χ2v) is 4.81. The molecule has 2 rings (SSSR count). The fourth-order valence-corrected chi connectivity index (χ4v) is 2.29. The molecule has 0 radical (unpaired) electrons. The number of carbonyl (C=O) groups excluding carboxylic acids is 1. The summed E-state index contributed by atoms with van der Waals surface area (Å²) in [5.41, 5.74) is 0.0542. The van der Waals surface area contributed by atoms with Gasteiger partial charge in [0.05, 0.1) is 12.7 Å². The number of hydrogen-bond donors (Lipinski definition) is 2. The van der Waals surface area contributed by atoms with Crippen molar-refractivity contribution >= 4 is 5.91 Å². The molecule has 0 saturated carbocycles. The lowest BCUT2D eigenvalue weighted by atomic mass is 9.99. The standard InChI is InChI=1S/C14H19FN2O2/c1-9-13(4-3-7-16-9)17-14(18)11-6-5-10(19-2)8-12(11)15/h5-6,8-9,13,16H,3-4,7H2,1-2H3,(H,17,18). The number of nitrogens with one attached hydrogen (secondary N) is 2. The molecule has 5 heteroatoms. The monoisotopic (exact) mass is 266 g/mol. The molecule has 19 heavy (non-hydrogen) atoms. The van der Waals surface area contributed by atoms with Gasteiger partial charge in [-0.3, -0.25) is 4.79 Å². The summed E-state index contributed by atoms with van der Waals surface area (Å²) in [4.78, 5) is 12.1. The molecule has 0 aromatic heterocycles. The largest absolute Gasteiger partial charge is 0.497 e. The Morgan fingerprint density at radius 1 is 1.53 bits per heavy atom. The van der Waals surface area contributed by atoms with Crippen LogP contribution < -0.4 is 15.4 Å². The van der Waals surface area contributed by atoms with Crippen molar-refractivity contribution < 1.29 is 13.9 Å². The first kappa shape index (κ1) is 13.8. The minimum atomic E-state index is -0.562. The van der Waals surface area contributed by atoms with Crippen molar-refractivity contribution in [1.82, 2.24) is 10.6 Å². The Bertz CT molecular complexity index is 465. The molecule has 2 unspecified atom stereocenters. The SMILES string of the molecule is COc1ccc(C(=O)NC2CCCNC2C)c(F)c1. The van der Waals surface area contributed by atoms with Gasteiger partial charge in [0.15, 0.2) is 0 Å². The topological polar surface area (TPSA) is 50.4 Å². The summed E-state index contributed by atoms with van der Waals surface area (Å²) in [7, 11) is 1.46. The second-order valence-electron chi connectivity index (χ2n) is 4.81. The number of halogens is 1. The zero-order valence-corrected chi connectivity index (χ0v) is 11.2. The fourth-order valence-electron chi connectivity index (χ4n) is 2.29. The number of rotatable bonds is 3. The average molecular weight is 266 g/mol. The van der Waals surface area contributed by atoms with Gasteiger partial charge in [0.1, 0.15) is 11.6 Å². The first-order chi connectivity index (χ1) is 9.11. The summed E-state index contributed by atoms with van der Waals surface area (Å²) < 4.78 is 18.7. The highest BCUT2D eigenvalue weighted by Crippen LogP contribution is 2.17. The molecule has 0 spiro atoms. The van der Waals surface area contributed by atoms with Crippen LogP contribution >= 0.6 is 0 Å². The van der Waals surface area contributed by atoms with Gasteiger partial charge in [-0.25, -0.2) is 4.39 Å². The molecule has 0 bridgehead atoms. The number of hydrogen-bond acceptors (Lipinski definition) is 3. The molecule has 1 aromatic rings. The molecular formula is C14H19FN2O2. The minimum absolute atomic E-state index is 0.0442. The van der Waals surface area contributed by atoms with Gasteiger partial charge in [-0.2, -0.15) is 0 Å². The number of ether oxygens (including phenoxy) is 1. The molecule has 1 saturated heterocycles. The highest BCUT2D eigenvalue weighted by atomic mass is 19.1. The Balaban J connectivity index is 2.07. The molecule has 1 aromatic carbocycles. The van der Waals surface area contributed by atoms with Gasteiger partial charge in [0.2, 0.25) is 0 Å². The Morgan fingerprint density at radius 2 is 2.32 bits per heavy atom. The van der Waals surface area contributed by atoms with E-state index in [1.54, 1.807) is 6.07 Å². The van der Waals surface area contributed by atoms with Crippen molar-refractivity contribution in [2.75, 3.05) is 13.7 Å². The van der Waals surface area contributed by atoms with E-state index in [0.717, 1.165) is 19.4 Å². The zero-order chi connectivity index (χ0) is 13.8. The molecule has 2 N–H and O–H groups in total. The third-order valence-electron chi connectivity index (χ3n) is 3.50. The molecule has 104 valence electrons. The van der Waals surface area contributed by atoms with E-state index >= 15 is 0 Å². The highest BCUT2D eigenvalue weighted by Gasteiger charge is 2.24. The number of methoxy groups -OCH3 is 1. The van der Waals surface area contributed by atoms with Crippen LogP contribution in [0.1, 0.15) is 30.1 Å². The summed E-state index contributed by atoms with van der Waals surface area (Å²) in [6.07, 6.45) is 1.93. The lowest BCUT2D eigenvalue weighted by Gasteiger charge is -2.30. The van der Waals surface area contributed by atoms with Crippen LogP contribution in [0.15, 0.2) is 18.2 Å². The predicted molar refractivity (Wildman–Crippen MR) is 70.9 cm³/mol. The van der Waals surface area contributed by atoms with Crippen LogP contribution in [0, 0.1) is 5.82 Å². The number of amides is 1.